The van der Waals surface area contributed by atoms with Gasteiger partial charge in [-0.1, -0.05) is 12.7 Å². The van der Waals surface area contributed by atoms with Gasteiger partial charge in [-0.15, -0.1) is 0 Å². The molecule has 0 saturated carbocycles. The van der Waals surface area contributed by atoms with Gasteiger partial charge in [0.1, 0.15) is 5.69 Å². The van der Waals surface area contributed by atoms with E-state index in [0.29, 0.717) is 18.0 Å². The van der Waals surface area contributed by atoms with E-state index < -0.39 is 6.10 Å². The first kappa shape index (κ1) is 22.2. The molecule has 0 bridgehead atoms. The van der Waals surface area contributed by atoms with E-state index in [1.54, 1.807) is 25.3 Å². The number of nitrogens with two attached hydrogens (primary N) is 1. The molecule has 0 amide bonds. The van der Waals surface area contributed by atoms with Crippen LogP contribution < -0.4 is 11.1 Å². The van der Waals surface area contributed by atoms with Crippen molar-refractivity contribution in [2.24, 2.45) is 10.7 Å². The van der Waals surface area contributed by atoms with Crippen LogP contribution in [0.25, 0.3) is 22.7 Å². The summed E-state index contributed by atoms with van der Waals surface area (Å²) in [7, 11) is 0. The summed E-state index contributed by atoms with van der Waals surface area (Å²) in [5.74, 6) is 0.849. The molecule has 0 unspecified atom stereocenters. The molecule has 3 aromatic heterocycles. The number of nitrogens with one attached hydrogen (secondary N) is 1. The second kappa shape index (κ2) is 9.13. The van der Waals surface area contributed by atoms with Crippen LogP contribution in [0.4, 0.5) is 0 Å². The number of aliphatic hydroxyl groups excluding tert-OH is 1. The molecule has 9 heteroatoms. The van der Waals surface area contributed by atoms with Crippen molar-refractivity contribution in [3.63, 3.8) is 0 Å². The molecule has 0 aliphatic carbocycles. The Morgan fingerprint density at radius 2 is 2.06 bits per heavy atom. The molecular formula is C22H30N8O. The summed E-state index contributed by atoms with van der Waals surface area (Å²) < 4.78 is 3.84. The monoisotopic (exact) mass is 422 g/mol. The molecule has 0 aromatic carbocycles. The third kappa shape index (κ3) is 4.83. The van der Waals surface area contributed by atoms with Crippen molar-refractivity contribution in [1.29, 1.82) is 0 Å². The lowest BCUT2D eigenvalue weighted by Gasteiger charge is -2.09. The topological polar surface area (TPSA) is 119 Å². The Balaban J connectivity index is 2.14. The minimum absolute atomic E-state index is 0.154. The van der Waals surface area contributed by atoms with E-state index >= 15 is 0 Å². The van der Waals surface area contributed by atoms with Crippen LogP contribution in [0.5, 0.6) is 0 Å². The first-order valence-corrected chi connectivity index (χ1v) is 10.2. The van der Waals surface area contributed by atoms with Gasteiger partial charge in [-0.05, 0) is 40.7 Å². The average molecular weight is 423 g/mol. The quantitative estimate of drug-likeness (QED) is 0.306. The van der Waals surface area contributed by atoms with Crippen molar-refractivity contribution in [2.45, 2.75) is 46.8 Å². The number of aliphatic hydroxyl groups is 1. The summed E-state index contributed by atoms with van der Waals surface area (Å²) >= 11 is 0. The second-order valence-corrected chi connectivity index (χ2v) is 7.77. The molecule has 0 radical (unpaired) electrons. The number of aromatic nitrogens is 5. The lowest BCUT2D eigenvalue weighted by atomic mass is 10.1. The molecule has 3 aromatic rings. The first-order chi connectivity index (χ1) is 14.7. The average Bonchev–Trinajstić information content (AvgIpc) is 3.28. The highest BCUT2D eigenvalue weighted by molar-refractivity contribution is 5.88. The Kier molecular flexibility index (Phi) is 6.55. The van der Waals surface area contributed by atoms with Crippen molar-refractivity contribution in [1.82, 2.24) is 29.5 Å². The molecule has 0 fully saturated rings. The van der Waals surface area contributed by atoms with Crippen LogP contribution in [-0.4, -0.2) is 47.9 Å². The molecule has 3 rings (SSSR count). The largest absolute Gasteiger partial charge is 0.392 e. The Bertz CT molecular complexity index is 1150. The van der Waals surface area contributed by atoms with Gasteiger partial charge in [0.2, 0.25) is 5.78 Å². The van der Waals surface area contributed by atoms with Crippen LogP contribution in [0.3, 0.4) is 0 Å². The maximum Gasteiger partial charge on any atom is 0.234 e. The number of aryl methyl sites for hydroxylation is 2. The molecular weight excluding hydrogens is 392 g/mol. The summed E-state index contributed by atoms with van der Waals surface area (Å²) in [6.45, 7) is 13.9. The SMILES string of the molecule is C=C/C=C(\N=C(/N)NC[C@H](C)O)c1cn(C(C)C)nc1-c1cnc2nc(C)c(C)n2c1. The lowest BCUT2D eigenvalue weighted by molar-refractivity contribution is 0.198. The number of allylic oxidation sites excluding steroid dienone is 2. The normalized spacial score (nSPS) is 13.8. The second-order valence-electron chi connectivity index (χ2n) is 7.77. The molecule has 3 heterocycles. The van der Waals surface area contributed by atoms with Crippen LogP contribution in [0.2, 0.25) is 0 Å². The molecule has 31 heavy (non-hydrogen) atoms. The zero-order valence-electron chi connectivity index (χ0n) is 18.7. The van der Waals surface area contributed by atoms with Gasteiger partial charge in [0.05, 0.1) is 17.5 Å². The van der Waals surface area contributed by atoms with Crippen molar-refractivity contribution >= 4 is 17.4 Å². The standard InChI is InChI=1S/C22H30N8O/c1-7-8-19(27-21(23)24-9-14(4)31)18-12-30(13(2)3)28-20(18)17-10-25-22-26-15(5)16(6)29(22)11-17/h7-8,10-14,31H,1,9H2,2-6H3,(H3,23,24,27)/b19-8-/t14-/m0/s1. The lowest BCUT2D eigenvalue weighted by Crippen LogP contribution is -2.36. The third-order valence-electron chi connectivity index (χ3n) is 4.86. The van der Waals surface area contributed by atoms with Gasteiger partial charge in [-0.2, -0.15) is 5.10 Å². The van der Waals surface area contributed by atoms with Crippen LogP contribution in [-0.2, 0) is 0 Å². The molecule has 164 valence electrons. The molecule has 0 aliphatic heterocycles. The third-order valence-corrected chi connectivity index (χ3v) is 4.86. The van der Waals surface area contributed by atoms with Gasteiger partial charge in [0, 0.05) is 48.0 Å². The molecule has 0 aliphatic rings. The smallest absolute Gasteiger partial charge is 0.234 e. The first-order valence-electron chi connectivity index (χ1n) is 10.2. The number of hydrogen-bond donors (Lipinski definition) is 3. The van der Waals surface area contributed by atoms with Crippen LogP contribution in [0, 0.1) is 13.8 Å². The summed E-state index contributed by atoms with van der Waals surface area (Å²) in [5, 5.41) is 17.2. The zero-order chi connectivity index (χ0) is 22.7. The maximum absolute atomic E-state index is 9.49. The van der Waals surface area contributed by atoms with Gasteiger partial charge in [0.15, 0.2) is 5.96 Å². The number of hydrogen-bond acceptors (Lipinski definition) is 5. The van der Waals surface area contributed by atoms with E-state index in [2.05, 4.69) is 40.7 Å². The van der Waals surface area contributed by atoms with E-state index in [4.69, 9.17) is 10.8 Å². The number of fused-ring (bicyclic) bond motifs is 1. The van der Waals surface area contributed by atoms with Gasteiger partial charge < -0.3 is 16.2 Å². The van der Waals surface area contributed by atoms with Gasteiger partial charge in [-0.25, -0.2) is 15.0 Å². The number of guanidine groups is 1. The van der Waals surface area contributed by atoms with Crippen LogP contribution >= 0.6 is 0 Å². The zero-order valence-corrected chi connectivity index (χ0v) is 18.7. The van der Waals surface area contributed by atoms with Crippen molar-refractivity contribution in [2.75, 3.05) is 6.54 Å². The van der Waals surface area contributed by atoms with Crippen LogP contribution in [0.1, 0.15) is 43.8 Å². The minimum Gasteiger partial charge on any atom is -0.392 e. The highest BCUT2D eigenvalue weighted by atomic mass is 16.3. The fourth-order valence-electron chi connectivity index (χ4n) is 3.05. The van der Waals surface area contributed by atoms with Gasteiger partial charge in [0.25, 0.3) is 0 Å². The van der Waals surface area contributed by atoms with E-state index in [9.17, 15) is 5.11 Å². The summed E-state index contributed by atoms with van der Waals surface area (Å²) in [6.07, 6.45) is 8.58. The molecule has 0 saturated heterocycles. The number of aliphatic imine (C=N–C) groups is 1. The van der Waals surface area contributed by atoms with Crippen molar-refractivity contribution in [3.05, 3.63) is 54.3 Å². The van der Waals surface area contributed by atoms with E-state index in [1.165, 1.54) is 0 Å². The number of rotatable bonds is 7. The molecule has 9 nitrogen and oxygen atoms in total. The van der Waals surface area contributed by atoms with Gasteiger partial charge >= 0.3 is 0 Å². The van der Waals surface area contributed by atoms with E-state index in [-0.39, 0.29) is 12.0 Å². The Morgan fingerprint density at radius 3 is 2.71 bits per heavy atom. The Labute approximate surface area is 182 Å². The number of imidazole rings is 1. The predicted octanol–water partition coefficient (Wildman–Crippen LogP) is 2.60. The molecule has 4 N–H and O–H groups in total. The highest BCUT2D eigenvalue weighted by Crippen LogP contribution is 2.30. The summed E-state index contributed by atoms with van der Waals surface area (Å²) in [5.41, 5.74) is 11.0. The molecule has 1 atom stereocenters. The Hall–Kier alpha value is -3.46. The fraction of sp³-hybridized carbons (Fsp3) is 0.364. The van der Waals surface area contributed by atoms with Crippen molar-refractivity contribution < 1.29 is 5.11 Å². The maximum atomic E-state index is 9.49. The summed E-state index contributed by atoms with van der Waals surface area (Å²) in [4.78, 5) is 13.5. The minimum atomic E-state index is -0.542. The fourth-order valence-corrected chi connectivity index (χ4v) is 3.05. The predicted molar refractivity (Wildman–Crippen MR) is 124 cm³/mol. The number of nitrogens with zero attached hydrogens (tertiary/aromatic N) is 6. The van der Waals surface area contributed by atoms with E-state index in [0.717, 1.165) is 28.2 Å². The highest BCUT2D eigenvalue weighted by Gasteiger charge is 2.18. The van der Waals surface area contributed by atoms with Crippen LogP contribution in [0.15, 0.2) is 42.3 Å². The van der Waals surface area contributed by atoms with E-state index in [1.807, 2.05) is 35.3 Å². The van der Waals surface area contributed by atoms with Crippen molar-refractivity contribution in [3.8, 4) is 11.3 Å². The molecule has 0 spiro atoms. The van der Waals surface area contributed by atoms with Gasteiger partial charge in [-0.3, -0.25) is 9.08 Å². The summed E-state index contributed by atoms with van der Waals surface area (Å²) in [6, 6.07) is 0.154. The Morgan fingerprint density at radius 1 is 1.32 bits per heavy atom.